The maximum atomic E-state index is 11.7. The average molecular weight is 440 g/mol. The van der Waals surface area contributed by atoms with Crippen molar-refractivity contribution in [3.63, 3.8) is 0 Å². The smallest absolute Gasteiger partial charge is 0.106 e. The molecule has 3 N–H and O–H groups in total. The molecule has 5 aliphatic rings. The third kappa shape index (κ3) is 2.93. The number of aliphatic hydroxyl groups excluding tert-OH is 3. The largest absolute Gasteiger partial charge is 0.511 e. The molecular formula is C28H41NO3. The number of nitrogens with zero attached hydrogens (tertiary/aromatic N) is 1. The van der Waals surface area contributed by atoms with Crippen molar-refractivity contribution in [2.75, 3.05) is 6.61 Å². The van der Waals surface area contributed by atoms with Crippen LogP contribution in [0.5, 0.6) is 0 Å². The topological polar surface area (TPSA) is 84.5 Å². The molecule has 3 fully saturated rings. The van der Waals surface area contributed by atoms with Crippen molar-refractivity contribution in [1.82, 2.24) is 0 Å². The molecule has 0 aromatic carbocycles. The minimum Gasteiger partial charge on any atom is -0.511 e. The van der Waals surface area contributed by atoms with E-state index in [2.05, 4.69) is 39.8 Å². The Bertz CT molecular complexity index is 912. The van der Waals surface area contributed by atoms with Crippen LogP contribution >= 0.6 is 0 Å². The Hall–Kier alpha value is -1.31. The van der Waals surface area contributed by atoms with Crippen LogP contribution in [0.2, 0.25) is 0 Å². The third-order valence-corrected chi connectivity index (χ3v) is 11.2. The SMILES string of the molecule is CC1(C)CCC2(CO)CCC3C(C(O)C=C4C5(C)CC(C#N)=C(O)CC5CCC43C)C2C1. The molecule has 0 amide bonds. The van der Waals surface area contributed by atoms with Crippen LogP contribution in [0.4, 0.5) is 0 Å². The molecule has 32 heavy (non-hydrogen) atoms. The Morgan fingerprint density at radius 2 is 1.78 bits per heavy atom. The Morgan fingerprint density at radius 3 is 2.47 bits per heavy atom. The number of hydrogen-bond donors (Lipinski definition) is 3. The van der Waals surface area contributed by atoms with Crippen LogP contribution in [0.3, 0.4) is 0 Å². The molecule has 4 heteroatoms. The van der Waals surface area contributed by atoms with Gasteiger partial charge in [-0.2, -0.15) is 5.26 Å². The van der Waals surface area contributed by atoms with Gasteiger partial charge in [-0.15, -0.1) is 0 Å². The van der Waals surface area contributed by atoms with Gasteiger partial charge in [0, 0.05) is 13.0 Å². The number of aliphatic hydroxyl groups is 3. The highest BCUT2D eigenvalue weighted by atomic mass is 16.3. The molecule has 4 nitrogen and oxygen atoms in total. The van der Waals surface area contributed by atoms with Crippen molar-refractivity contribution in [1.29, 1.82) is 5.26 Å². The van der Waals surface area contributed by atoms with Crippen LogP contribution in [0, 0.1) is 56.7 Å². The molecule has 176 valence electrons. The molecule has 0 radical (unpaired) electrons. The quantitative estimate of drug-likeness (QED) is 0.460. The fourth-order valence-corrected chi connectivity index (χ4v) is 9.30. The van der Waals surface area contributed by atoms with Gasteiger partial charge in [0.25, 0.3) is 0 Å². The molecule has 8 unspecified atom stereocenters. The molecule has 5 aliphatic carbocycles. The number of hydrogen-bond acceptors (Lipinski definition) is 4. The second-order valence-corrected chi connectivity index (χ2v) is 13.3. The van der Waals surface area contributed by atoms with E-state index in [4.69, 9.17) is 0 Å². The summed E-state index contributed by atoms with van der Waals surface area (Å²) in [6.07, 6.45) is 10.4. The summed E-state index contributed by atoms with van der Waals surface area (Å²) in [7, 11) is 0. The van der Waals surface area contributed by atoms with Gasteiger partial charge in [0.15, 0.2) is 0 Å². The zero-order valence-corrected chi connectivity index (χ0v) is 20.3. The Balaban J connectivity index is 1.58. The summed E-state index contributed by atoms with van der Waals surface area (Å²) in [5, 5.41) is 42.3. The fraction of sp³-hybridized carbons (Fsp3) is 0.821. The molecule has 0 bridgehead atoms. The summed E-state index contributed by atoms with van der Waals surface area (Å²) >= 11 is 0. The van der Waals surface area contributed by atoms with Crippen molar-refractivity contribution >= 4 is 0 Å². The van der Waals surface area contributed by atoms with Gasteiger partial charge in [-0.05, 0) is 96.7 Å². The predicted molar refractivity (Wildman–Crippen MR) is 124 cm³/mol. The van der Waals surface area contributed by atoms with Crippen molar-refractivity contribution in [3.05, 3.63) is 23.0 Å². The lowest BCUT2D eigenvalue weighted by atomic mass is 9.39. The van der Waals surface area contributed by atoms with E-state index in [1.165, 1.54) is 5.57 Å². The summed E-state index contributed by atoms with van der Waals surface area (Å²) in [5.41, 5.74) is 1.95. The minimum absolute atomic E-state index is 0.0197. The summed E-state index contributed by atoms with van der Waals surface area (Å²) in [5.74, 6) is 1.58. The Kier molecular flexibility index (Phi) is 4.98. The molecule has 3 saturated carbocycles. The average Bonchev–Trinajstić information content (AvgIpc) is 2.75. The molecule has 0 aromatic rings. The first kappa shape index (κ1) is 22.5. The third-order valence-electron chi connectivity index (χ3n) is 11.2. The van der Waals surface area contributed by atoms with Crippen LogP contribution in [-0.4, -0.2) is 28.0 Å². The van der Waals surface area contributed by atoms with Gasteiger partial charge >= 0.3 is 0 Å². The van der Waals surface area contributed by atoms with E-state index >= 15 is 0 Å². The first-order valence-electron chi connectivity index (χ1n) is 12.8. The predicted octanol–water partition coefficient (Wildman–Crippen LogP) is 5.67. The van der Waals surface area contributed by atoms with Crippen LogP contribution in [0.25, 0.3) is 0 Å². The van der Waals surface area contributed by atoms with Crippen molar-refractivity contribution < 1.29 is 15.3 Å². The molecule has 5 rings (SSSR count). The van der Waals surface area contributed by atoms with Gasteiger partial charge < -0.3 is 15.3 Å². The highest BCUT2D eigenvalue weighted by molar-refractivity contribution is 5.40. The van der Waals surface area contributed by atoms with Crippen LogP contribution in [0.1, 0.15) is 85.5 Å². The van der Waals surface area contributed by atoms with Gasteiger partial charge in [0.2, 0.25) is 0 Å². The second kappa shape index (κ2) is 7.09. The van der Waals surface area contributed by atoms with Crippen molar-refractivity contribution in [3.8, 4) is 6.07 Å². The van der Waals surface area contributed by atoms with Gasteiger partial charge in [0.1, 0.15) is 5.76 Å². The monoisotopic (exact) mass is 439 g/mol. The number of allylic oxidation sites excluding steroid dienone is 3. The van der Waals surface area contributed by atoms with Gasteiger partial charge in [-0.3, -0.25) is 0 Å². The summed E-state index contributed by atoms with van der Waals surface area (Å²) in [6.45, 7) is 9.65. The molecule has 8 atom stereocenters. The summed E-state index contributed by atoms with van der Waals surface area (Å²) < 4.78 is 0. The van der Waals surface area contributed by atoms with Gasteiger partial charge in [-0.25, -0.2) is 0 Å². The van der Waals surface area contributed by atoms with E-state index < -0.39 is 6.10 Å². The molecule has 0 aliphatic heterocycles. The Labute approximate surface area is 193 Å². The number of rotatable bonds is 1. The van der Waals surface area contributed by atoms with E-state index in [9.17, 15) is 20.6 Å². The van der Waals surface area contributed by atoms with Crippen LogP contribution in [-0.2, 0) is 0 Å². The van der Waals surface area contributed by atoms with E-state index in [1.54, 1.807) is 0 Å². The Morgan fingerprint density at radius 1 is 1.03 bits per heavy atom. The van der Waals surface area contributed by atoms with Gasteiger partial charge in [-0.1, -0.05) is 39.3 Å². The van der Waals surface area contributed by atoms with E-state index in [0.717, 1.165) is 44.9 Å². The molecule has 0 heterocycles. The molecule has 0 spiro atoms. The summed E-state index contributed by atoms with van der Waals surface area (Å²) in [6, 6.07) is 2.26. The van der Waals surface area contributed by atoms with Crippen LogP contribution < -0.4 is 0 Å². The first-order chi connectivity index (χ1) is 15.0. The standard InChI is InChI=1S/C28H41NO3/c1-25(2)9-10-28(16-30)8-6-19-24(20(28)14-25)22(32)12-23-26(19,3)7-5-18-11-21(31)17(15-29)13-27(18,23)4/h12,18-20,22,24,30-32H,5-11,13-14,16H2,1-4H3. The van der Waals surface area contributed by atoms with E-state index in [0.29, 0.717) is 36.2 Å². The first-order valence-corrected chi connectivity index (χ1v) is 12.8. The molecule has 0 saturated heterocycles. The number of fused-ring (bicyclic) bond motifs is 7. The highest BCUT2D eigenvalue weighted by Crippen LogP contribution is 2.70. The lowest BCUT2D eigenvalue weighted by Gasteiger charge is -2.65. The minimum atomic E-state index is -0.492. The maximum Gasteiger partial charge on any atom is 0.106 e. The second-order valence-electron chi connectivity index (χ2n) is 13.3. The van der Waals surface area contributed by atoms with Crippen molar-refractivity contribution in [2.24, 2.45) is 45.3 Å². The van der Waals surface area contributed by atoms with E-state index in [-0.39, 0.29) is 39.9 Å². The van der Waals surface area contributed by atoms with Crippen molar-refractivity contribution in [2.45, 2.75) is 91.6 Å². The highest BCUT2D eigenvalue weighted by Gasteiger charge is 2.63. The summed E-state index contributed by atoms with van der Waals surface area (Å²) in [4.78, 5) is 0. The lowest BCUT2D eigenvalue weighted by molar-refractivity contribution is -0.152. The normalized spacial score (nSPS) is 49.7. The van der Waals surface area contributed by atoms with Gasteiger partial charge in [0.05, 0.1) is 17.7 Å². The van der Waals surface area contributed by atoms with Crippen LogP contribution in [0.15, 0.2) is 23.0 Å². The lowest BCUT2D eigenvalue weighted by Crippen LogP contribution is -2.60. The molecular weight excluding hydrogens is 398 g/mol. The molecule has 0 aromatic heterocycles. The maximum absolute atomic E-state index is 11.7. The zero-order valence-electron chi connectivity index (χ0n) is 20.3. The van der Waals surface area contributed by atoms with E-state index in [1.807, 2.05) is 0 Å². The zero-order chi connectivity index (χ0) is 23.1. The fourth-order valence-electron chi connectivity index (χ4n) is 9.30. The number of nitriles is 1.